The predicted molar refractivity (Wildman–Crippen MR) is 132 cm³/mol. The standard InChI is InChI=1S/C27H31N3O3/c1-3-20-9-7-8-12-24(20)28-26(31)19-29-13-15-30(16-14-29)27(32)23-17-21-10-5-6-11-22(21)18-25(23)33-4-2/h5-12,17-18H,3-4,13-16,19H2,1-2H3,(H,28,31). The molecule has 1 heterocycles. The molecule has 6 nitrogen and oxygen atoms in total. The quantitative estimate of drug-likeness (QED) is 0.592. The number of hydrogen-bond acceptors (Lipinski definition) is 4. The van der Waals surface area contributed by atoms with Crippen LogP contribution in [0.1, 0.15) is 29.8 Å². The molecule has 4 rings (SSSR count). The second kappa shape index (κ2) is 10.5. The zero-order valence-corrected chi connectivity index (χ0v) is 19.3. The second-order valence-electron chi connectivity index (χ2n) is 8.26. The van der Waals surface area contributed by atoms with Crippen molar-refractivity contribution < 1.29 is 14.3 Å². The van der Waals surface area contributed by atoms with Crippen LogP contribution >= 0.6 is 0 Å². The lowest BCUT2D eigenvalue weighted by atomic mass is 10.0. The Labute approximate surface area is 195 Å². The van der Waals surface area contributed by atoms with E-state index in [-0.39, 0.29) is 11.8 Å². The molecule has 1 N–H and O–H groups in total. The molecule has 0 aromatic heterocycles. The minimum Gasteiger partial charge on any atom is -0.493 e. The van der Waals surface area contributed by atoms with Gasteiger partial charge in [-0.15, -0.1) is 0 Å². The Balaban J connectivity index is 1.38. The zero-order valence-electron chi connectivity index (χ0n) is 19.3. The van der Waals surface area contributed by atoms with Crippen LogP contribution in [0.15, 0.2) is 60.7 Å². The number of hydrogen-bond donors (Lipinski definition) is 1. The van der Waals surface area contributed by atoms with Gasteiger partial charge in [0.25, 0.3) is 5.91 Å². The molecule has 2 amide bonds. The molecule has 1 aliphatic heterocycles. The van der Waals surface area contributed by atoms with Gasteiger partial charge in [-0.2, -0.15) is 0 Å². The summed E-state index contributed by atoms with van der Waals surface area (Å²) < 4.78 is 5.80. The summed E-state index contributed by atoms with van der Waals surface area (Å²) in [6.45, 7) is 7.30. The molecule has 1 saturated heterocycles. The molecular formula is C27H31N3O3. The van der Waals surface area contributed by atoms with E-state index in [1.54, 1.807) is 0 Å². The molecule has 0 radical (unpaired) electrons. The summed E-state index contributed by atoms with van der Waals surface area (Å²) in [6.07, 6.45) is 0.871. The fourth-order valence-electron chi connectivity index (χ4n) is 4.28. The largest absolute Gasteiger partial charge is 0.493 e. The van der Waals surface area contributed by atoms with E-state index in [1.165, 1.54) is 0 Å². The summed E-state index contributed by atoms with van der Waals surface area (Å²) in [6, 6.07) is 19.7. The summed E-state index contributed by atoms with van der Waals surface area (Å²) in [5, 5.41) is 5.10. The van der Waals surface area contributed by atoms with Crippen molar-refractivity contribution in [3.05, 3.63) is 71.8 Å². The predicted octanol–water partition coefficient (Wildman–Crippen LogP) is 4.20. The molecule has 1 fully saturated rings. The molecular weight excluding hydrogens is 414 g/mol. The topological polar surface area (TPSA) is 61.9 Å². The Bertz CT molecular complexity index is 1140. The summed E-state index contributed by atoms with van der Waals surface area (Å²) in [7, 11) is 0. The lowest BCUT2D eigenvalue weighted by Gasteiger charge is -2.34. The van der Waals surface area contributed by atoms with Crippen molar-refractivity contribution in [2.24, 2.45) is 0 Å². The van der Waals surface area contributed by atoms with Crippen molar-refractivity contribution in [3.8, 4) is 5.75 Å². The van der Waals surface area contributed by atoms with Crippen molar-refractivity contribution >= 4 is 28.3 Å². The SMILES string of the molecule is CCOc1cc2ccccc2cc1C(=O)N1CCN(CC(=O)Nc2ccccc2CC)CC1. The highest BCUT2D eigenvalue weighted by Gasteiger charge is 2.25. The molecule has 1 aliphatic rings. The van der Waals surface area contributed by atoms with Crippen LogP contribution in [0.4, 0.5) is 5.69 Å². The van der Waals surface area contributed by atoms with Gasteiger partial charge in [-0.05, 0) is 47.9 Å². The highest BCUT2D eigenvalue weighted by molar-refractivity contribution is 6.01. The van der Waals surface area contributed by atoms with Gasteiger partial charge in [0.15, 0.2) is 0 Å². The van der Waals surface area contributed by atoms with Crippen LogP contribution in [0, 0.1) is 0 Å². The number of amides is 2. The van der Waals surface area contributed by atoms with Gasteiger partial charge in [0.05, 0.1) is 18.7 Å². The van der Waals surface area contributed by atoms with Gasteiger partial charge in [0.1, 0.15) is 5.75 Å². The van der Waals surface area contributed by atoms with Gasteiger partial charge < -0.3 is 15.0 Å². The Morgan fingerprint density at radius 2 is 1.58 bits per heavy atom. The average molecular weight is 446 g/mol. The smallest absolute Gasteiger partial charge is 0.257 e. The van der Waals surface area contributed by atoms with Crippen LogP contribution in [0.2, 0.25) is 0 Å². The number of anilines is 1. The molecule has 0 bridgehead atoms. The number of ether oxygens (including phenoxy) is 1. The van der Waals surface area contributed by atoms with Crippen molar-refractivity contribution in [3.63, 3.8) is 0 Å². The first kappa shape index (κ1) is 22.8. The summed E-state index contributed by atoms with van der Waals surface area (Å²) in [4.78, 5) is 29.9. The maximum atomic E-state index is 13.3. The number of nitrogens with one attached hydrogen (secondary N) is 1. The monoisotopic (exact) mass is 445 g/mol. The number of carbonyl (C=O) groups excluding carboxylic acids is 2. The maximum Gasteiger partial charge on any atom is 0.257 e. The van der Waals surface area contributed by atoms with E-state index in [0.29, 0.717) is 50.6 Å². The van der Waals surface area contributed by atoms with E-state index in [1.807, 2.05) is 72.5 Å². The van der Waals surface area contributed by atoms with Gasteiger partial charge in [-0.25, -0.2) is 0 Å². The summed E-state index contributed by atoms with van der Waals surface area (Å²) in [5.74, 6) is 0.576. The van der Waals surface area contributed by atoms with Gasteiger partial charge >= 0.3 is 0 Å². The fraction of sp³-hybridized carbons (Fsp3) is 0.333. The Hall–Kier alpha value is -3.38. The van der Waals surface area contributed by atoms with Crippen LogP contribution in [0.5, 0.6) is 5.75 Å². The minimum atomic E-state index is -0.0242. The highest BCUT2D eigenvalue weighted by Crippen LogP contribution is 2.28. The van der Waals surface area contributed by atoms with Gasteiger partial charge in [-0.1, -0.05) is 49.4 Å². The molecule has 0 unspecified atom stereocenters. The first-order chi connectivity index (χ1) is 16.1. The third-order valence-corrected chi connectivity index (χ3v) is 6.08. The van der Waals surface area contributed by atoms with Crippen LogP contribution in [0.25, 0.3) is 10.8 Å². The van der Waals surface area contributed by atoms with Crippen LogP contribution < -0.4 is 10.1 Å². The van der Waals surface area contributed by atoms with Gasteiger partial charge in [0, 0.05) is 31.9 Å². The third kappa shape index (κ3) is 5.34. The highest BCUT2D eigenvalue weighted by atomic mass is 16.5. The first-order valence-electron chi connectivity index (χ1n) is 11.6. The number of para-hydroxylation sites is 1. The van der Waals surface area contributed by atoms with E-state index in [9.17, 15) is 9.59 Å². The number of aryl methyl sites for hydroxylation is 1. The Morgan fingerprint density at radius 1 is 0.909 bits per heavy atom. The lowest BCUT2D eigenvalue weighted by molar-refractivity contribution is -0.117. The number of rotatable bonds is 7. The fourth-order valence-corrected chi connectivity index (χ4v) is 4.28. The molecule has 3 aromatic carbocycles. The number of piperazine rings is 1. The molecule has 33 heavy (non-hydrogen) atoms. The third-order valence-electron chi connectivity index (χ3n) is 6.08. The molecule has 0 saturated carbocycles. The van der Waals surface area contributed by atoms with E-state index in [4.69, 9.17) is 4.74 Å². The van der Waals surface area contributed by atoms with Crippen molar-refractivity contribution in [2.45, 2.75) is 20.3 Å². The van der Waals surface area contributed by atoms with Gasteiger partial charge in [-0.3, -0.25) is 14.5 Å². The van der Waals surface area contributed by atoms with E-state index < -0.39 is 0 Å². The molecule has 3 aromatic rings. The molecule has 6 heteroatoms. The molecule has 0 spiro atoms. The van der Waals surface area contributed by atoms with Crippen LogP contribution in [-0.2, 0) is 11.2 Å². The number of nitrogens with zero attached hydrogens (tertiary/aromatic N) is 2. The Kier molecular flexibility index (Phi) is 7.25. The number of fused-ring (bicyclic) bond motifs is 1. The lowest BCUT2D eigenvalue weighted by Crippen LogP contribution is -2.50. The summed E-state index contributed by atoms with van der Waals surface area (Å²) in [5.41, 5.74) is 2.60. The van der Waals surface area contributed by atoms with E-state index in [0.717, 1.165) is 28.4 Å². The van der Waals surface area contributed by atoms with Crippen LogP contribution in [-0.4, -0.2) is 60.9 Å². The maximum absolute atomic E-state index is 13.3. The molecule has 0 aliphatic carbocycles. The molecule has 0 atom stereocenters. The first-order valence-corrected chi connectivity index (χ1v) is 11.6. The van der Waals surface area contributed by atoms with E-state index in [2.05, 4.69) is 17.1 Å². The zero-order chi connectivity index (χ0) is 23.2. The normalized spacial score (nSPS) is 14.3. The van der Waals surface area contributed by atoms with E-state index >= 15 is 0 Å². The van der Waals surface area contributed by atoms with Crippen molar-refractivity contribution in [1.82, 2.24) is 9.80 Å². The van der Waals surface area contributed by atoms with Crippen molar-refractivity contribution in [1.29, 1.82) is 0 Å². The van der Waals surface area contributed by atoms with Crippen LogP contribution in [0.3, 0.4) is 0 Å². The minimum absolute atomic E-state index is 0.0230. The number of carbonyl (C=O) groups is 2. The van der Waals surface area contributed by atoms with Gasteiger partial charge in [0.2, 0.25) is 5.91 Å². The van der Waals surface area contributed by atoms with Crippen molar-refractivity contribution in [2.75, 3.05) is 44.6 Å². The average Bonchev–Trinajstić information content (AvgIpc) is 2.84. The summed E-state index contributed by atoms with van der Waals surface area (Å²) >= 11 is 0. The Morgan fingerprint density at radius 3 is 2.27 bits per heavy atom. The second-order valence-corrected chi connectivity index (χ2v) is 8.26. The molecule has 172 valence electrons. The number of benzene rings is 3.